The fraction of sp³-hybridized carbons (Fsp3) is 0.632. The second-order valence-corrected chi connectivity index (χ2v) is 7.96. The fourth-order valence-corrected chi connectivity index (χ4v) is 4.39. The van der Waals surface area contributed by atoms with Crippen LogP contribution in [0.5, 0.6) is 0 Å². The Labute approximate surface area is 143 Å². The minimum Gasteiger partial charge on any atom is -0.392 e. The third-order valence-electron chi connectivity index (χ3n) is 5.00. The molecule has 1 aromatic carbocycles. The minimum atomic E-state index is -0.293. The summed E-state index contributed by atoms with van der Waals surface area (Å²) in [4.78, 5) is 14.2. The molecular formula is C19H27NO2S. The maximum Gasteiger partial charge on any atom is 0.232 e. The lowest BCUT2D eigenvalue weighted by Crippen LogP contribution is -2.42. The number of likely N-dealkylation sites (tertiary alicyclic amines) is 1. The van der Waals surface area contributed by atoms with E-state index in [-0.39, 0.29) is 12.0 Å². The molecule has 2 fully saturated rings. The number of rotatable bonds is 7. The third kappa shape index (κ3) is 5.25. The normalized spacial score (nSPS) is 20.5. The summed E-state index contributed by atoms with van der Waals surface area (Å²) in [7, 11) is 0. The summed E-state index contributed by atoms with van der Waals surface area (Å²) >= 11 is 1.79. The van der Waals surface area contributed by atoms with Gasteiger partial charge in [0.1, 0.15) is 0 Å². The summed E-state index contributed by atoms with van der Waals surface area (Å²) in [5.74, 6) is 3.27. The number of nitrogens with zero attached hydrogens (tertiary/aromatic N) is 1. The van der Waals surface area contributed by atoms with Crippen molar-refractivity contribution >= 4 is 17.7 Å². The average Bonchev–Trinajstić information content (AvgIpc) is 3.40. The zero-order valence-electron chi connectivity index (χ0n) is 13.7. The van der Waals surface area contributed by atoms with Crippen LogP contribution < -0.4 is 0 Å². The first-order chi connectivity index (χ1) is 11.2. The smallest absolute Gasteiger partial charge is 0.232 e. The van der Waals surface area contributed by atoms with E-state index in [4.69, 9.17) is 0 Å². The van der Waals surface area contributed by atoms with E-state index in [1.807, 2.05) is 23.1 Å². The average molecular weight is 333 g/mol. The Balaban J connectivity index is 1.37. The first-order valence-corrected chi connectivity index (χ1v) is 9.95. The van der Waals surface area contributed by atoms with Crippen LogP contribution in [-0.4, -0.2) is 46.6 Å². The number of carbonyl (C=O) groups is 1. The second-order valence-electron chi connectivity index (χ2n) is 6.93. The predicted molar refractivity (Wildman–Crippen MR) is 95.5 cm³/mol. The molecule has 3 rings (SSSR count). The molecule has 1 aliphatic carbocycles. The lowest BCUT2D eigenvalue weighted by Gasteiger charge is -2.34. The van der Waals surface area contributed by atoms with Crippen molar-refractivity contribution in [1.82, 2.24) is 4.90 Å². The molecule has 1 aliphatic heterocycles. The number of amides is 1. The standard InChI is InChI=1S/C19H27NO2S/c21-18(12-15-4-2-1-3-5-15)17-8-10-20(11-9-17)19(22)14-23-13-16-6-7-16/h1-5,16-18,21H,6-14H2/t18-/m1/s1. The van der Waals surface area contributed by atoms with E-state index in [0.29, 0.717) is 11.7 Å². The predicted octanol–water partition coefficient (Wildman–Crippen LogP) is 2.97. The summed E-state index contributed by atoms with van der Waals surface area (Å²) in [5, 5.41) is 10.5. The lowest BCUT2D eigenvalue weighted by molar-refractivity contribution is -0.130. The quantitative estimate of drug-likeness (QED) is 0.834. The minimum absolute atomic E-state index is 0.284. The summed E-state index contributed by atoms with van der Waals surface area (Å²) in [6.45, 7) is 1.61. The number of benzene rings is 1. The molecule has 1 atom stereocenters. The molecule has 0 radical (unpaired) electrons. The fourth-order valence-electron chi connectivity index (χ4n) is 3.24. The van der Waals surface area contributed by atoms with Gasteiger partial charge >= 0.3 is 0 Å². The first-order valence-electron chi connectivity index (χ1n) is 8.80. The number of aliphatic hydroxyl groups excluding tert-OH is 1. The Morgan fingerprint density at radius 1 is 1.17 bits per heavy atom. The highest BCUT2D eigenvalue weighted by Crippen LogP contribution is 2.32. The molecule has 0 unspecified atom stereocenters. The molecule has 0 bridgehead atoms. The Morgan fingerprint density at radius 2 is 1.87 bits per heavy atom. The summed E-state index contributed by atoms with van der Waals surface area (Å²) < 4.78 is 0. The summed E-state index contributed by atoms with van der Waals surface area (Å²) in [6, 6.07) is 10.2. The van der Waals surface area contributed by atoms with Crippen molar-refractivity contribution in [3.8, 4) is 0 Å². The van der Waals surface area contributed by atoms with Gasteiger partial charge < -0.3 is 10.0 Å². The molecule has 1 aromatic rings. The molecule has 0 spiro atoms. The van der Waals surface area contributed by atoms with Crippen LogP contribution in [-0.2, 0) is 11.2 Å². The molecular weight excluding hydrogens is 306 g/mol. The van der Waals surface area contributed by atoms with E-state index in [0.717, 1.165) is 44.0 Å². The van der Waals surface area contributed by atoms with Crippen LogP contribution in [0.3, 0.4) is 0 Å². The van der Waals surface area contributed by atoms with Gasteiger partial charge in [0, 0.05) is 13.1 Å². The molecule has 1 saturated heterocycles. The van der Waals surface area contributed by atoms with Gasteiger partial charge in [-0.25, -0.2) is 0 Å². The molecule has 0 aromatic heterocycles. The van der Waals surface area contributed by atoms with Crippen LogP contribution in [0.25, 0.3) is 0 Å². The van der Waals surface area contributed by atoms with Gasteiger partial charge in [-0.05, 0) is 55.3 Å². The van der Waals surface area contributed by atoms with Gasteiger partial charge in [0.15, 0.2) is 0 Å². The topological polar surface area (TPSA) is 40.5 Å². The van der Waals surface area contributed by atoms with E-state index in [1.54, 1.807) is 11.8 Å². The monoisotopic (exact) mass is 333 g/mol. The molecule has 4 heteroatoms. The summed E-state index contributed by atoms with van der Waals surface area (Å²) in [6.07, 6.45) is 4.98. The van der Waals surface area contributed by atoms with Crippen molar-refractivity contribution in [1.29, 1.82) is 0 Å². The van der Waals surface area contributed by atoms with Crippen molar-refractivity contribution in [3.05, 3.63) is 35.9 Å². The number of carbonyl (C=O) groups excluding carboxylic acids is 1. The lowest BCUT2D eigenvalue weighted by atomic mass is 9.88. The van der Waals surface area contributed by atoms with Crippen LogP contribution in [0.15, 0.2) is 30.3 Å². The van der Waals surface area contributed by atoms with Crippen molar-refractivity contribution in [2.24, 2.45) is 11.8 Å². The Morgan fingerprint density at radius 3 is 2.52 bits per heavy atom. The van der Waals surface area contributed by atoms with Crippen LogP contribution in [0, 0.1) is 11.8 Å². The van der Waals surface area contributed by atoms with Gasteiger partial charge in [0.25, 0.3) is 0 Å². The van der Waals surface area contributed by atoms with Crippen LogP contribution >= 0.6 is 11.8 Å². The van der Waals surface area contributed by atoms with E-state index in [1.165, 1.54) is 18.4 Å². The van der Waals surface area contributed by atoms with Crippen LogP contribution in [0.4, 0.5) is 0 Å². The number of aliphatic hydroxyl groups is 1. The van der Waals surface area contributed by atoms with Gasteiger partial charge in [0.2, 0.25) is 5.91 Å². The molecule has 1 amide bonds. The Bertz CT molecular complexity index is 495. The van der Waals surface area contributed by atoms with Crippen molar-refractivity contribution < 1.29 is 9.90 Å². The Hall–Kier alpha value is -1.00. The number of hydrogen-bond acceptors (Lipinski definition) is 3. The van der Waals surface area contributed by atoms with Gasteiger partial charge in [-0.2, -0.15) is 11.8 Å². The second kappa shape index (κ2) is 8.20. The number of hydrogen-bond donors (Lipinski definition) is 1. The van der Waals surface area contributed by atoms with Gasteiger partial charge in [-0.3, -0.25) is 4.79 Å². The highest BCUT2D eigenvalue weighted by molar-refractivity contribution is 7.99. The highest BCUT2D eigenvalue weighted by atomic mass is 32.2. The van der Waals surface area contributed by atoms with E-state index in [9.17, 15) is 9.90 Å². The van der Waals surface area contributed by atoms with E-state index >= 15 is 0 Å². The molecule has 2 aliphatic rings. The SMILES string of the molecule is O=C(CSCC1CC1)N1CCC([C@H](O)Cc2ccccc2)CC1. The largest absolute Gasteiger partial charge is 0.392 e. The van der Waals surface area contributed by atoms with Crippen molar-refractivity contribution in [3.63, 3.8) is 0 Å². The van der Waals surface area contributed by atoms with Crippen LogP contribution in [0.2, 0.25) is 0 Å². The molecule has 3 nitrogen and oxygen atoms in total. The molecule has 1 heterocycles. The first kappa shape index (κ1) is 16.8. The molecule has 126 valence electrons. The zero-order chi connectivity index (χ0) is 16.1. The zero-order valence-corrected chi connectivity index (χ0v) is 14.5. The van der Waals surface area contributed by atoms with E-state index < -0.39 is 0 Å². The number of thioether (sulfide) groups is 1. The van der Waals surface area contributed by atoms with E-state index in [2.05, 4.69) is 12.1 Å². The molecule has 1 saturated carbocycles. The highest BCUT2D eigenvalue weighted by Gasteiger charge is 2.28. The molecule has 1 N–H and O–H groups in total. The Kier molecular flexibility index (Phi) is 6.01. The van der Waals surface area contributed by atoms with Gasteiger partial charge in [-0.15, -0.1) is 0 Å². The van der Waals surface area contributed by atoms with Crippen molar-refractivity contribution in [2.75, 3.05) is 24.6 Å². The third-order valence-corrected chi connectivity index (χ3v) is 6.16. The maximum absolute atomic E-state index is 12.2. The van der Waals surface area contributed by atoms with Gasteiger partial charge in [-0.1, -0.05) is 30.3 Å². The molecule has 23 heavy (non-hydrogen) atoms. The van der Waals surface area contributed by atoms with Gasteiger partial charge in [0.05, 0.1) is 11.9 Å². The number of piperidine rings is 1. The maximum atomic E-state index is 12.2. The summed E-state index contributed by atoms with van der Waals surface area (Å²) in [5.41, 5.74) is 1.19. The van der Waals surface area contributed by atoms with Crippen LogP contribution in [0.1, 0.15) is 31.2 Å². The van der Waals surface area contributed by atoms with Crippen molar-refractivity contribution in [2.45, 2.75) is 38.2 Å².